The number of hydrogen-bond donors (Lipinski definition) is 1. The van der Waals surface area contributed by atoms with Crippen molar-refractivity contribution in [1.82, 2.24) is 10.2 Å². The van der Waals surface area contributed by atoms with Crippen molar-refractivity contribution >= 4 is 11.7 Å². The van der Waals surface area contributed by atoms with E-state index in [4.69, 9.17) is 0 Å². The molecule has 1 N–H and O–H groups in total. The largest absolute Gasteiger partial charge is 0.345 e. The third-order valence-electron chi connectivity index (χ3n) is 5.34. The van der Waals surface area contributed by atoms with E-state index >= 15 is 0 Å². The Morgan fingerprint density at radius 1 is 0.793 bits per heavy atom. The zero-order chi connectivity index (χ0) is 20.1. The number of carbonyl (C=O) groups is 2. The van der Waals surface area contributed by atoms with Crippen LogP contribution in [-0.4, -0.2) is 29.7 Å². The molecule has 3 aromatic carbocycles. The molecule has 0 aromatic heterocycles. The molecular weight excluding hydrogens is 360 g/mol. The minimum absolute atomic E-state index is 0.00220. The van der Waals surface area contributed by atoms with E-state index in [0.717, 1.165) is 26.1 Å². The number of nitrogens with one attached hydrogen (secondary N) is 1. The summed E-state index contributed by atoms with van der Waals surface area (Å²) >= 11 is 0. The van der Waals surface area contributed by atoms with Crippen LogP contribution in [0.25, 0.3) is 0 Å². The number of ketones is 1. The Bertz CT molecular complexity index is 997. The van der Waals surface area contributed by atoms with Crippen LogP contribution in [0.2, 0.25) is 0 Å². The maximum absolute atomic E-state index is 12.3. The molecule has 1 aliphatic rings. The maximum atomic E-state index is 12.3. The Balaban J connectivity index is 1.31. The number of fused-ring (bicyclic) bond motifs is 1. The monoisotopic (exact) mass is 384 g/mol. The van der Waals surface area contributed by atoms with Gasteiger partial charge in [-0.25, -0.2) is 0 Å². The lowest BCUT2D eigenvalue weighted by Gasteiger charge is -2.28. The van der Waals surface area contributed by atoms with E-state index in [1.54, 1.807) is 12.1 Å². The topological polar surface area (TPSA) is 49.4 Å². The number of amides is 1. The van der Waals surface area contributed by atoms with Crippen LogP contribution in [0.5, 0.6) is 0 Å². The Kier molecular flexibility index (Phi) is 5.82. The molecule has 0 saturated heterocycles. The second-order valence-electron chi connectivity index (χ2n) is 7.40. The van der Waals surface area contributed by atoms with Crippen LogP contribution in [-0.2, 0) is 19.5 Å². The van der Waals surface area contributed by atoms with Gasteiger partial charge < -0.3 is 5.32 Å². The molecule has 0 saturated carbocycles. The van der Waals surface area contributed by atoms with Crippen molar-refractivity contribution in [1.29, 1.82) is 0 Å². The van der Waals surface area contributed by atoms with Crippen molar-refractivity contribution in [2.24, 2.45) is 0 Å². The smallest absolute Gasteiger partial charge is 0.251 e. The van der Waals surface area contributed by atoms with E-state index in [1.165, 1.54) is 16.7 Å². The molecule has 1 heterocycles. The van der Waals surface area contributed by atoms with Crippen LogP contribution < -0.4 is 5.32 Å². The zero-order valence-corrected chi connectivity index (χ0v) is 16.3. The number of benzene rings is 3. The second-order valence-corrected chi connectivity index (χ2v) is 7.40. The molecule has 1 amide bonds. The summed E-state index contributed by atoms with van der Waals surface area (Å²) in [7, 11) is 0. The van der Waals surface area contributed by atoms with E-state index in [0.29, 0.717) is 11.1 Å². The van der Waals surface area contributed by atoms with Crippen molar-refractivity contribution in [2.45, 2.75) is 19.5 Å². The molecule has 0 aliphatic carbocycles. The van der Waals surface area contributed by atoms with Gasteiger partial charge in [-0.1, -0.05) is 66.7 Å². The lowest BCUT2D eigenvalue weighted by Crippen LogP contribution is -2.30. The molecule has 1 aliphatic heterocycles. The van der Waals surface area contributed by atoms with Gasteiger partial charge in [0, 0.05) is 30.8 Å². The summed E-state index contributed by atoms with van der Waals surface area (Å²) < 4.78 is 0. The first-order valence-corrected chi connectivity index (χ1v) is 9.93. The third kappa shape index (κ3) is 4.79. The van der Waals surface area contributed by atoms with Gasteiger partial charge >= 0.3 is 0 Å². The SMILES string of the molecule is O=C(CNC(=O)c1ccc(CN2CCc3ccccc3C2)cc1)c1ccccc1. The molecule has 4 rings (SSSR count). The van der Waals surface area contributed by atoms with Gasteiger partial charge in [-0.05, 0) is 35.2 Å². The van der Waals surface area contributed by atoms with E-state index in [1.807, 2.05) is 42.5 Å². The van der Waals surface area contributed by atoms with Gasteiger partial charge in [0.15, 0.2) is 5.78 Å². The minimum atomic E-state index is -0.229. The second kappa shape index (κ2) is 8.84. The molecule has 4 heteroatoms. The lowest BCUT2D eigenvalue weighted by atomic mass is 9.99. The van der Waals surface area contributed by atoms with Crippen molar-refractivity contribution < 1.29 is 9.59 Å². The summed E-state index contributed by atoms with van der Waals surface area (Å²) in [6, 6.07) is 25.2. The molecule has 0 bridgehead atoms. The Morgan fingerprint density at radius 2 is 1.48 bits per heavy atom. The number of nitrogens with zero attached hydrogens (tertiary/aromatic N) is 1. The highest BCUT2D eigenvalue weighted by molar-refractivity contribution is 6.02. The predicted molar refractivity (Wildman–Crippen MR) is 114 cm³/mol. The lowest BCUT2D eigenvalue weighted by molar-refractivity contribution is 0.0904. The highest BCUT2D eigenvalue weighted by Crippen LogP contribution is 2.20. The summed E-state index contributed by atoms with van der Waals surface area (Å²) in [5.41, 5.74) is 5.20. The minimum Gasteiger partial charge on any atom is -0.345 e. The molecule has 0 radical (unpaired) electrons. The molecule has 146 valence electrons. The fraction of sp³-hybridized carbons (Fsp3) is 0.200. The summed E-state index contributed by atoms with van der Waals surface area (Å²) in [5, 5.41) is 2.71. The van der Waals surface area contributed by atoms with E-state index in [-0.39, 0.29) is 18.2 Å². The van der Waals surface area contributed by atoms with Crippen LogP contribution in [0, 0.1) is 0 Å². The quantitative estimate of drug-likeness (QED) is 0.657. The van der Waals surface area contributed by atoms with Crippen molar-refractivity contribution in [3.05, 3.63) is 107 Å². The average molecular weight is 384 g/mol. The van der Waals surface area contributed by atoms with Gasteiger partial charge in [0.1, 0.15) is 0 Å². The molecule has 0 fully saturated rings. The highest BCUT2D eigenvalue weighted by atomic mass is 16.2. The Labute approximate surface area is 171 Å². The molecule has 29 heavy (non-hydrogen) atoms. The van der Waals surface area contributed by atoms with E-state index < -0.39 is 0 Å². The highest BCUT2D eigenvalue weighted by Gasteiger charge is 2.16. The predicted octanol–water partition coefficient (Wildman–Crippen LogP) is 3.86. The van der Waals surface area contributed by atoms with Gasteiger partial charge in [0.25, 0.3) is 5.91 Å². The van der Waals surface area contributed by atoms with Crippen LogP contribution in [0.15, 0.2) is 78.9 Å². The van der Waals surface area contributed by atoms with Crippen LogP contribution in [0.1, 0.15) is 37.4 Å². The normalized spacial score (nSPS) is 13.5. The van der Waals surface area contributed by atoms with Crippen LogP contribution in [0.3, 0.4) is 0 Å². The molecular formula is C25H24N2O2. The summed E-state index contributed by atoms with van der Waals surface area (Å²) in [4.78, 5) is 26.9. The number of Topliss-reactive ketones (excluding diaryl/α,β-unsaturated/α-hetero) is 1. The fourth-order valence-corrected chi connectivity index (χ4v) is 3.70. The molecule has 0 atom stereocenters. The summed E-state index contributed by atoms with van der Waals surface area (Å²) in [6.45, 7) is 2.86. The standard InChI is InChI=1S/C25H24N2O2/c28-24(21-7-2-1-3-8-21)16-26-25(29)22-12-10-19(11-13-22)17-27-15-14-20-6-4-5-9-23(20)18-27/h1-13H,14-18H2,(H,26,29). The fourth-order valence-electron chi connectivity index (χ4n) is 3.70. The van der Waals surface area contributed by atoms with Crippen LogP contribution >= 0.6 is 0 Å². The third-order valence-corrected chi connectivity index (χ3v) is 5.34. The van der Waals surface area contributed by atoms with Crippen molar-refractivity contribution in [3.63, 3.8) is 0 Å². The first-order valence-electron chi connectivity index (χ1n) is 9.93. The van der Waals surface area contributed by atoms with Crippen molar-refractivity contribution in [2.75, 3.05) is 13.1 Å². The Morgan fingerprint density at radius 3 is 2.24 bits per heavy atom. The van der Waals surface area contributed by atoms with Gasteiger partial charge in [-0.2, -0.15) is 0 Å². The maximum Gasteiger partial charge on any atom is 0.251 e. The van der Waals surface area contributed by atoms with Gasteiger partial charge in [0.2, 0.25) is 0 Å². The molecule has 3 aromatic rings. The van der Waals surface area contributed by atoms with Gasteiger partial charge in [-0.15, -0.1) is 0 Å². The van der Waals surface area contributed by atoms with Gasteiger partial charge in [0.05, 0.1) is 6.54 Å². The first kappa shape index (κ1) is 19.1. The molecule has 4 nitrogen and oxygen atoms in total. The Hall–Kier alpha value is -3.24. The van der Waals surface area contributed by atoms with Crippen molar-refractivity contribution in [3.8, 4) is 0 Å². The van der Waals surface area contributed by atoms with E-state index in [2.05, 4.69) is 34.5 Å². The summed E-state index contributed by atoms with van der Waals surface area (Å²) in [5.74, 6) is -0.325. The number of rotatable bonds is 6. The number of carbonyl (C=O) groups excluding carboxylic acids is 2. The molecule has 0 unspecified atom stereocenters. The summed E-state index contributed by atoms with van der Waals surface area (Å²) in [6.07, 6.45) is 1.08. The molecule has 0 spiro atoms. The number of hydrogen-bond acceptors (Lipinski definition) is 3. The first-order chi connectivity index (χ1) is 14.2. The average Bonchev–Trinajstić information content (AvgIpc) is 2.78. The zero-order valence-electron chi connectivity index (χ0n) is 16.3. The van der Waals surface area contributed by atoms with Gasteiger partial charge in [-0.3, -0.25) is 14.5 Å². The van der Waals surface area contributed by atoms with Crippen LogP contribution in [0.4, 0.5) is 0 Å². The van der Waals surface area contributed by atoms with E-state index in [9.17, 15) is 9.59 Å².